The Balaban J connectivity index is 1.71. The molecule has 0 bridgehead atoms. The molecule has 0 aliphatic heterocycles. The van der Waals surface area contributed by atoms with Crippen LogP contribution in [-0.4, -0.2) is 20.9 Å². The van der Waals surface area contributed by atoms with Crippen LogP contribution in [0.15, 0.2) is 54.6 Å². The van der Waals surface area contributed by atoms with Crippen molar-refractivity contribution in [1.82, 2.24) is 14.8 Å². The molecular weight excluding hydrogens is 317 g/mol. The first kappa shape index (κ1) is 15.8. The maximum Gasteiger partial charge on any atom is 0.336 e. The molecule has 128 valence electrons. The minimum atomic E-state index is -0.270. The van der Waals surface area contributed by atoms with Gasteiger partial charge in [0.05, 0.1) is 5.69 Å². The van der Waals surface area contributed by atoms with E-state index >= 15 is 0 Å². The van der Waals surface area contributed by atoms with Gasteiger partial charge in [0.15, 0.2) is 5.82 Å². The van der Waals surface area contributed by atoms with Crippen molar-refractivity contribution in [3.05, 3.63) is 60.4 Å². The Morgan fingerprint density at radius 2 is 1.64 bits per heavy atom. The summed E-state index contributed by atoms with van der Waals surface area (Å²) in [6, 6.07) is 16.5. The van der Waals surface area contributed by atoms with Crippen LogP contribution in [0.1, 0.15) is 32.1 Å². The maximum atomic E-state index is 13.3. The van der Waals surface area contributed by atoms with Crippen molar-refractivity contribution in [3.63, 3.8) is 0 Å². The third-order valence-electron chi connectivity index (χ3n) is 4.52. The molecule has 1 aliphatic rings. The van der Waals surface area contributed by atoms with Crippen LogP contribution in [0.3, 0.4) is 0 Å². The van der Waals surface area contributed by atoms with Gasteiger partial charge in [-0.25, -0.2) is 9.07 Å². The van der Waals surface area contributed by atoms with Gasteiger partial charge >= 0.3 is 6.01 Å². The largest absolute Gasteiger partial charge is 0.459 e. The predicted molar refractivity (Wildman–Crippen MR) is 94.3 cm³/mol. The van der Waals surface area contributed by atoms with Crippen molar-refractivity contribution in [2.75, 3.05) is 0 Å². The van der Waals surface area contributed by atoms with E-state index in [4.69, 9.17) is 4.74 Å². The molecule has 5 heteroatoms. The van der Waals surface area contributed by atoms with E-state index in [1.165, 1.54) is 31.4 Å². The van der Waals surface area contributed by atoms with Crippen LogP contribution >= 0.6 is 0 Å². The van der Waals surface area contributed by atoms with Crippen molar-refractivity contribution in [3.8, 4) is 23.1 Å². The Bertz CT molecular complexity index is 824. The summed E-state index contributed by atoms with van der Waals surface area (Å²) in [5, 5.41) is 4.56. The number of para-hydroxylation sites is 1. The average Bonchev–Trinajstić information content (AvgIpc) is 3.08. The fourth-order valence-electron chi connectivity index (χ4n) is 3.21. The van der Waals surface area contributed by atoms with Crippen LogP contribution in [0.5, 0.6) is 6.01 Å². The zero-order valence-electron chi connectivity index (χ0n) is 13.9. The summed E-state index contributed by atoms with van der Waals surface area (Å²) in [5.41, 5.74) is 1.70. The van der Waals surface area contributed by atoms with E-state index in [0.29, 0.717) is 11.8 Å². The fraction of sp³-hybridized carbons (Fsp3) is 0.300. The highest BCUT2D eigenvalue weighted by Crippen LogP contribution is 2.26. The van der Waals surface area contributed by atoms with Gasteiger partial charge in [-0.1, -0.05) is 24.6 Å². The van der Waals surface area contributed by atoms with Crippen molar-refractivity contribution >= 4 is 0 Å². The molecule has 25 heavy (non-hydrogen) atoms. The molecule has 0 atom stereocenters. The van der Waals surface area contributed by atoms with Crippen LogP contribution < -0.4 is 4.74 Å². The number of nitrogens with zero attached hydrogens (tertiary/aromatic N) is 3. The van der Waals surface area contributed by atoms with Crippen LogP contribution in [0.2, 0.25) is 0 Å². The standard InChI is InChI=1S/C20H20FN3O/c21-16-13-11-15(12-14-16)19-22-20(25-18-9-5-2-6-10-18)23-24(19)17-7-3-1-4-8-17/h1,3-4,7-8,11-14,18H,2,5-6,9-10H2. The third kappa shape index (κ3) is 3.55. The molecule has 3 aromatic rings. The number of hydrogen-bond acceptors (Lipinski definition) is 3. The molecule has 1 aromatic heterocycles. The van der Waals surface area contributed by atoms with Crippen LogP contribution in [0.25, 0.3) is 17.1 Å². The van der Waals surface area contributed by atoms with Gasteiger partial charge in [0.2, 0.25) is 0 Å². The number of aromatic nitrogens is 3. The van der Waals surface area contributed by atoms with E-state index in [2.05, 4.69) is 10.1 Å². The highest BCUT2D eigenvalue weighted by atomic mass is 19.1. The number of rotatable bonds is 4. The third-order valence-corrected chi connectivity index (χ3v) is 4.52. The number of ether oxygens (including phenoxy) is 1. The first-order valence-corrected chi connectivity index (χ1v) is 8.75. The number of hydrogen-bond donors (Lipinski definition) is 0. The van der Waals surface area contributed by atoms with E-state index in [1.54, 1.807) is 16.8 Å². The lowest BCUT2D eigenvalue weighted by molar-refractivity contribution is 0.142. The molecule has 0 radical (unpaired) electrons. The first-order chi connectivity index (χ1) is 12.3. The lowest BCUT2D eigenvalue weighted by Crippen LogP contribution is -2.20. The summed E-state index contributed by atoms with van der Waals surface area (Å²) in [6.45, 7) is 0. The van der Waals surface area contributed by atoms with E-state index in [-0.39, 0.29) is 11.9 Å². The second kappa shape index (κ2) is 7.05. The van der Waals surface area contributed by atoms with Gasteiger partial charge in [0, 0.05) is 5.56 Å². The monoisotopic (exact) mass is 337 g/mol. The zero-order chi connectivity index (χ0) is 17.1. The van der Waals surface area contributed by atoms with Gasteiger partial charge in [-0.3, -0.25) is 0 Å². The van der Waals surface area contributed by atoms with E-state index in [9.17, 15) is 4.39 Å². The molecule has 0 amide bonds. The summed E-state index contributed by atoms with van der Waals surface area (Å²) in [4.78, 5) is 4.59. The van der Waals surface area contributed by atoms with E-state index in [0.717, 1.165) is 24.1 Å². The Kier molecular flexibility index (Phi) is 4.46. The smallest absolute Gasteiger partial charge is 0.336 e. The fourth-order valence-corrected chi connectivity index (χ4v) is 3.21. The molecule has 0 N–H and O–H groups in total. The van der Waals surface area contributed by atoms with Crippen molar-refractivity contribution < 1.29 is 9.13 Å². The Morgan fingerprint density at radius 3 is 2.36 bits per heavy atom. The highest BCUT2D eigenvalue weighted by Gasteiger charge is 2.20. The molecule has 1 fully saturated rings. The summed E-state index contributed by atoms with van der Waals surface area (Å²) < 4.78 is 21.1. The number of benzene rings is 2. The molecule has 0 unspecified atom stereocenters. The molecule has 4 rings (SSSR count). The molecule has 1 heterocycles. The summed E-state index contributed by atoms with van der Waals surface area (Å²) in [7, 11) is 0. The van der Waals surface area contributed by atoms with Gasteiger partial charge in [0.1, 0.15) is 11.9 Å². The minimum Gasteiger partial charge on any atom is -0.459 e. The van der Waals surface area contributed by atoms with E-state index < -0.39 is 0 Å². The van der Waals surface area contributed by atoms with Crippen molar-refractivity contribution in [2.45, 2.75) is 38.2 Å². The summed E-state index contributed by atoms with van der Waals surface area (Å²) in [5.74, 6) is 0.380. The first-order valence-electron chi connectivity index (χ1n) is 8.75. The van der Waals surface area contributed by atoms with E-state index in [1.807, 2.05) is 30.3 Å². The Labute approximate surface area is 146 Å². The second-order valence-electron chi connectivity index (χ2n) is 6.35. The number of halogens is 1. The Morgan fingerprint density at radius 1 is 0.920 bits per heavy atom. The lowest BCUT2D eigenvalue weighted by Gasteiger charge is -2.20. The second-order valence-corrected chi connectivity index (χ2v) is 6.35. The van der Waals surface area contributed by atoms with Gasteiger partial charge in [0.25, 0.3) is 0 Å². The quantitative estimate of drug-likeness (QED) is 0.687. The summed E-state index contributed by atoms with van der Waals surface area (Å²) in [6.07, 6.45) is 5.93. The van der Waals surface area contributed by atoms with Gasteiger partial charge in [-0.15, -0.1) is 5.10 Å². The molecule has 0 saturated heterocycles. The molecule has 1 saturated carbocycles. The normalized spacial score (nSPS) is 15.2. The predicted octanol–water partition coefficient (Wildman–Crippen LogP) is 4.78. The molecular formula is C20H20FN3O. The highest BCUT2D eigenvalue weighted by molar-refractivity contribution is 5.58. The van der Waals surface area contributed by atoms with Gasteiger partial charge in [-0.05, 0) is 62.1 Å². The van der Waals surface area contributed by atoms with Crippen LogP contribution in [0.4, 0.5) is 4.39 Å². The zero-order valence-corrected chi connectivity index (χ0v) is 13.9. The molecule has 4 nitrogen and oxygen atoms in total. The average molecular weight is 337 g/mol. The molecule has 0 spiro atoms. The lowest BCUT2D eigenvalue weighted by atomic mass is 9.98. The molecule has 1 aliphatic carbocycles. The topological polar surface area (TPSA) is 39.9 Å². The van der Waals surface area contributed by atoms with Crippen molar-refractivity contribution in [2.24, 2.45) is 0 Å². The van der Waals surface area contributed by atoms with Gasteiger partial charge in [-0.2, -0.15) is 4.98 Å². The van der Waals surface area contributed by atoms with Crippen LogP contribution in [-0.2, 0) is 0 Å². The minimum absolute atomic E-state index is 0.182. The SMILES string of the molecule is Fc1ccc(-c2nc(OC3CCCCC3)nn2-c2ccccc2)cc1. The maximum absolute atomic E-state index is 13.3. The molecule has 2 aromatic carbocycles. The summed E-state index contributed by atoms with van der Waals surface area (Å²) >= 11 is 0. The van der Waals surface area contributed by atoms with Crippen LogP contribution in [0, 0.1) is 5.82 Å². The Hall–Kier alpha value is -2.69. The van der Waals surface area contributed by atoms with Crippen molar-refractivity contribution in [1.29, 1.82) is 0 Å². The van der Waals surface area contributed by atoms with Gasteiger partial charge < -0.3 is 4.74 Å².